The molecule has 84 valence electrons. The fourth-order valence-corrected chi connectivity index (χ4v) is 1.60. The van der Waals surface area contributed by atoms with Crippen LogP contribution >= 0.6 is 12.2 Å². The molecule has 3 nitrogen and oxygen atoms in total. The Morgan fingerprint density at radius 2 is 2.40 bits per heavy atom. The quantitative estimate of drug-likeness (QED) is 0.754. The third-order valence-electron chi connectivity index (χ3n) is 2.00. The molecule has 0 radical (unpaired) electrons. The van der Waals surface area contributed by atoms with Crippen molar-refractivity contribution >= 4 is 17.3 Å². The van der Waals surface area contributed by atoms with Gasteiger partial charge in [0, 0.05) is 19.0 Å². The predicted molar refractivity (Wildman–Crippen MR) is 65.9 cm³/mol. The van der Waals surface area contributed by atoms with Crippen LogP contribution in [-0.4, -0.2) is 17.7 Å². The monoisotopic (exact) mass is 226 g/mol. The van der Waals surface area contributed by atoms with Gasteiger partial charge in [0.2, 0.25) is 0 Å². The molecule has 0 aliphatic heterocycles. The van der Waals surface area contributed by atoms with Crippen LogP contribution < -0.4 is 10.6 Å². The van der Waals surface area contributed by atoms with E-state index < -0.39 is 0 Å². The lowest BCUT2D eigenvalue weighted by molar-refractivity contribution is 0.481. The number of furan rings is 1. The first kappa shape index (κ1) is 12.0. The summed E-state index contributed by atoms with van der Waals surface area (Å²) in [5, 5.41) is 7.06. The maximum atomic E-state index is 5.26. The molecular weight excluding hydrogens is 208 g/mol. The molecule has 15 heavy (non-hydrogen) atoms. The summed E-state index contributed by atoms with van der Waals surface area (Å²) in [6.45, 7) is 5.11. The van der Waals surface area contributed by atoms with Gasteiger partial charge in [0.1, 0.15) is 5.76 Å². The van der Waals surface area contributed by atoms with Crippen molar-refractivity contribution in [3.8, 4) is 0 Å². The van der Waals surface area contributed by atoms with E-state index in [2.05, 4.69) is 24.5 Å². The first-order valence-corrected chi connectivity index (χ1v) is 5.70. The van der Waals surface area contributed by atoms with Gasteiger partial charge in [-0.2, -0.15) is 0 Å². The molecule has 0 saturated carbocycles. The molecule has 0 saturated heterocycles. The van der Waals surface area contributed by atoms with E-state index in [4.69, 9.17) is 16.6 Å². The Bertz CT molecular complexity index is 285. The Morgan fingerprint density at radius 1 is 1.60 bits per heavy atom. The van der Waals surface area contributed by atoms with E-state index in [0.717, 1.165) is 30.3 Å². The number of hydrogen-bond acceptors (Lipinski definition) is 2. The molecule has 1 heterocycles. The molecule has 4 heteroatoms. The van der Waals surface area contributed by atoms with Gasteiger partial charge < -0.3 is 15.1 Å². The molecule has 0 aliphatic carbocycles. The highest BCUT2D eigenvalue weighted by Crippen LogP contribution is 2.03. The zero-order valence-electron chi connectivity index (χ0n) is 9.25. The van der Waals surface area contributed by atoms with Crippen molar-refractivity contribution in [2.45, 2.75) is 32.7 Å². The minimum absolute atomic E-state index is 0.285. The van der Waals surface area contributed by atoms with E-state index >= 15 is 0 Å². The Morgan fingerprint density at radius 3 is 3.00 bits per heavy atom. The number of rotatable bonds is 5. The minimum atomic E-state index is 0.285. The van der Waals surface area contributed by atoms with E-state index in [1.54, 1.807) is 6.26 Å². The third kappa shape index (κ3) is 4.83. The molecular formula is C11H18N2OS. The molecule has 2 N–H and O–H groups in total. The first-order chi connectivity index (χ1) is 7.22. The molecule has 0 fully saturated rings. The summed E-state index contributed by atoms with van der Waals surface area (Å²) in [7, 11) is 0. The van der Waals surface area contributed by atoms with Gasteiger partial charge in [0.05, 0.1) is 6.26 Å². The molecule has 0 aliphatic rings. The van der Waals surface area contributed by atoms with Crippen LogP contribution in [0.15, 0.2) is 22.8 Å². The van der Waals surface area contributed by atoms with Crippen molar-refractivity contribution in [3.05, 3.63) is 24.2 Å². The van der Waals surface area contributed by atoms with E-state index in [-0.39, 0.29) is 6.04 Å². The van der Waals surface area contributed by atoms with E-state index in [1.807, 2.05) is 12.1 Å². The van der Waals surface area contributed by atoms with E-state index in [0.29, 0.717) is 0 Å². The minimum Gasteiger partial charge on any atom is -0.469 e. The van der Waals surface area contributed by atoms with Crippen molar-refractivity contribution in [2.75, 3.05) is 6.54 Å². The van der Waals surface area contributed by atoms with Crippen molar-refractivity contribution in [3.63, 3.8) is 0 Å². The molecule has 1 unspecified atom stereocenters. The van der Waals surface area contributed by atoms with Crippen molar-refractivity contribution in [1.29, 1.82) is 0 Å². The average Bonchev–Trinajstić information content (AvgIpc) is 2.67. The summed E-state index contributed by atoms with van der Waals surface area (Å²) >= 11 is 5.14. The van der Waals surface area contributed by atoms with Crippen LogP contribution in [0.4, 0.5) is 0 Å². The molecule has 1 aromatic heterocycles. The Balaban J connectivity index is 2.23. The number of hydrogen-bond donors (Lipinski definition) is 2. The zero-order chi connectivity index (χ0) is 11.1. The van der Waals surface area contributed by atoms with Crippen molar-refractivity contribution in [1.82, 2.24) is 10.6 Å². The maximum absolute atomic E-state index is 5.26. The van der Waals surface area contributed by atoms with Crippen LogP contribution in [0.1, 0.15) is 26.0 Å². The molecule has 1 rings (SSSR count). The second-order valence-corrected chi connectivity index (χ2v) is 3.99. The van der Waals surface area contributed by atoms with Gasteiger partial charge in [-0.1, -0.05) is 6.92 Å². The molecule has 1 aromatic rings. The smallest absolute Gasteiger partial charge is 0.166 e. The summed E-state index contributed by atoms with van der Waals surface area (Å²) in [6.07, 6.45) is 3.62. The SMILES string of the molecule is CCCNC(=S)NC(C)Cc1ccco1. The molecule has 0 aromatic carbocycles. The van der Waals surface area contributed by atoms with E-state index in [1.165, 1.54) is 0 Å². The Hall–Kier alpha value is -1.03. The second kappa shape index (κ2) is 6.45. The topological polar surface area (TPSA) is 37.2 Å². The van der Waals surface area contributed by atoms with Gasteiger partial charge in [0.15, 0.2) is 5.11 Å². The maximum Gasteiger partial charge on any atom is 0.166 e. The van der Waals surface area contributed by atoms with Crippen LogP contribution in [0, 0.1) is 0 Å². The highest BCUT2D eigenvalue weighted by atomic mass is 32.1. The van der Waals surface area contributed by atoms with Crippen LogP contribution in [0.3, 0.4) is 0 Å². The summed E-state index contributed by atoms with van der Waals surface area (Å²) in [5.41, 5.74) is 0. The lowest BCUT2D eigenvalue weighted by Gasteiger charge is -2.15. The van der Waals surface area contributed by atoms with Gasteiger partial charge in [-0.05, 0) is 37.7 Å². The standard InChI is InChI=1S/C11H18N2OS/c1-3-6-12-11(15)13-9(2)8-10-5-4-7-14-10/h4-5,7,9H,3,6,8H2,1-2H3,(H2,12,13,15). The van der Waals surface area contributed by atoms with Crippen molar-refractivity contribution in [2.24, 2.45) is 0 Å². The van der Waals surface area contributed by atoms with Gasteiger partial charge in [-0.25, -0.2) is 0 Å². The van der Waals surface area contributed by atoms with Crippen LogP contribution in [-0.2, 0) is 6.42 Å². The summed E-state index contributed by atoms with van der Waals surface area (Å²) < 4.78 is 5.26. The fraction of sp³-hybridized carbons (Fsp3) is 0.545. The Labute approximate surface area is 96.2 Å². The highest BCUT2D eigenvalue weighted by molar-refractivity contribution is 7.80. The fourth-order valence-electron chi connectivity index (χ4n) is 1.29. The summed E-state index contributed by atoms with van der Waals surface area (Å²) in [5.74, 6) is 0.980. The normalized spacial score (nSPS) is 12.1. The summed E-state index contributed by atoms with van der Waals surface area (Å²) in [6, 6.07) is 4.16. The molecule has 0 amide bonds. The average molecular weight is 226 g/mol. The Kier molecular flexibility index (Phi) is 5.18. The van der Waals surface area contributed by atoms with Gasteiger partial charge in [0.25, 0.3) is 0 Å². The number of thiocarbonyl (C=S) groups is 1. The molecule has 0 spiro atoms. The largest absolute Gasteiger partial charge is 0.469 e. The lowest BCUT2D eigenvalue weighted by Crippen LogP contribution is -2.41. The van der Waals surface area contributed by atoms with Crippen molar-refractivity contribution < 1.29 is 4.42 Å². The molecule has 0 bridgehead atoms. The van der Waals surface area contributed by atoms with Gasteiger partial charge in [-0.3, -0.25) is 0 Å². The second-order valence-electron chi connectivity index (χ2n) is 3.58. The van der Waals surface area contributed by atoms with Gasteiger partial charge >= 0.3 is 0 Å². The van der Waals surface area contributed by atoms with Crippen LogP contribution in [0.5, 0.6) is 0 Å². The summed E-state index contributed by atoms with van der Waals surface area (Å²) in [4.78, 5) is 0. The first-order valence-electron chi connectivity index (χ1n) is 5.29. The molecule has 1 atom stereocenters. The van der Waals surface area contributed by atoms with Crippen LogP contribution in [0.2, 0.25) is 0 Å². The third-order valence-corrected chi connectivity index (χ3v) is 2.26. The van der Waals surface area contributed by atoms with Crippen LogP contribution in [0.25, 0.3) is 0 Å². The number of nitrogens with one attached hydrogen (secondary N) is 2. The van der Waals surface area contributed by atoms with E-state index in [9.17, 15) is 0 Å². The van der Waals surface area contributed by atoms with Gasteiger partial charge in [-0.15, -0.1) is 0 Å². The predicted octanol–water partition coefficient (Wildman–Crippen LogP) is 2.08. The highest BCUT2D eigenvalue weighted by Gasteiger charge is 2.06. The zero-order valence-corrected chi connectivity index (χ0v) is 10.1. The lowest BCUT2D eigenvalue weighted by atomic mass is 10.2.